The van der Waals surface area contributed by atoms with E-state index in [-0.39, 0.29) is 11.1 Å². The maximum absolute atomic E-state index is 12.2. The average molecular weight is 287 g/mol. The summed E-state index contributed by atoms with van der Waals surface area (Å²) in [6.07, 6.45) is 3.24. The van der Waals surface area contributed by atoms with Crippen LogP contribution < -0.4 is 5.32 Å². The van der Waals surface area contributed by atoms with E-state index in [9.17, 15) is 4.79 Å². The number of nitrogens with one attached hydrogen (secondary N) is 2. The number of amides is 1. The Hall–Kier alpha value is -2.40. The summed E-state index contributed by atoms with van der Waals surface area (Å²) in [6.45, 7) is 1.88. The second kappa shape index (κ2) is 4.94. The molecule has 0 fully saturated rings. The molecule has 0 bridgehead atoms. The smallest absolute Gasteiger partial charge is 0.255 e. The quantitative estimate of drug-likeness (QED) is 0.711. The fourth-order valence-corrected chi connectivity index (χ4v) is 2.06. The van der Waals surface area contributed by atoms with Crippen molar-refractivity contribution in [3.63, 3.8) is 0 Å². The number of aromatic nitrogens is 3. The molecule has 100 valence electrons. The van der Waals surface area contributed by atoms with Gasteiger partial charge in [0.2, 0.25) is 0 Å². The molecule has 1 aromatic carbocycles. The number of rotatable bonds is 2. The number of aryl methyl sites for hydroxylation is 1. The number of imidazole rings is 1. The van der Waals surface area contributed by atoms with Crippen LogP contribution in [0.4, 0.5) is 5.69 Å². The van der Waals surface area contributed by atoms with Crippen molar-refractivity contribution in [3.8, 4) is 0 Å². The fourth-order valence-electron chi connectivity index (χ4n) is 1.91. The highest BCUT2D eigenvalue weighted by Gasteiger charge is 2.10. The Kier molecular flexibility index (Phi) is 3.12. The summed E-state index contributed by atoms with van der Waals surface area (Å²) in [5, 5.41) is 3.03. The molecule has 0 spiro atoms. The van der Waals surface area contributed by atoms with Crippen molar-refractivity contribution in [1.29, 1.82) is 0 Å². The summed E-state index contributed by atoms with van der Waals surface area (Å²) in [5.41, 5.74) is 3.58. The van der Waals surface area contributed by atoms with Crippen molar-refractivity contribution < 1.29 is 4.79 Å². The van der Waals surface area contributed by atoms with Gasteiger partial charge in [-0.3, -0.25) is 4.79 Å². The number of carbonyl (C=O) groups is 1. The van der Waals surface area contributed by atoms with Gasteiger partial charge in [-0.1, -0.05) is 11.6 Å². The topological polar surface area (TPSA) is 70.7 Å². The van der Waals surface area contributed by atoms with E-state index >= 15 is 0 Å². The Labute approximate surface area is 120 Å². The molecule has 3 rings (SSSR count). The van der Waals surface area contributed by atoms with Crippen LogP contribution >= 0.6 is 11.6 Å². The number of halogens is 1. The molecule has 0 atom stereocenters. The van der Waals surface area contributed by atoms with Crippen LogP contribution in [0.1, 0.15) is 15.9 Å². The molecule has 0 saturated heterocycles. The van der Waals surface area contributed by atoms with Gasteiger partial charge in [0.05, 0.1) is 23.0 Å². The maximum atomic E-state index is 12.2. The minimum atomic E-state index is -0.240. The molecule has 1 amide bonds. The van der Waals surface area contributed by atoms with Crippen LogP contribution in [0.5, 0.6) is 0 Å². The molecule has 2 N–H and O–H groups in total. The van der Waals surface area contributed by atoms with E-state index in [2.05, 4.69) is 20.3 Å². The molecule has 6 heteroatoms. The van der Waals surface area contributed by atoms with Gasteiger partial charge < -0.3 is 10.3 Å². The number of hydrogen-bond donors (Lipinski definition) is 2. The number of anilines is 1. The molecule has 20 heavy (non-hydrogen) atoms. The molecular formula is C14H11ClN4O. The zero-order chi connectivity index (χ0) is 14.1. The molecular weight excluding hydrogens is 276 g/mol. The lowest BCUT2D eigenvalue weighted by molar-refractivity contribution is 0.102. The van der Waals surface area contributed by atoms with Crippen LogP contribution in [0, 0.1) is 6.92 Å². The van der Waals surface area contributed by atoms with Gasteiger partial charge in [-0.2, -0.15) is 0 Å². The minimum Gasteiger partial charge on any atom is -0.345 e. The second-order valence-electron chi connectivity index (χ2n) is 4.44. The number of aromatic amines is 1. The van der Waals surface area contributed by atoms with E-state index in [0.29, 0.717) is 11.3 Å². The zero-order valence-corrected chi connectivity index (χ0v) is 11.4. The third kappa shape index (κ3) is 2.35. The lowest BCUT2D eigenvalue weighted by atomic mass is 10.2. The zero-order valence-electron chi connectivity index (χ0n) is 10.6. The van der Waals surface area contributed by atoms with E-state index in [0.717, 1.165) is 16.6 Å². The van der Waals surface area contributed by atoms with Gasteiger partial charge in [0, 0.05) is 11.8 Å². The van der Waals surface area contributed by atoms with Crippen molar-refractivity contribution in [2.75, 3.05) is 5.32 Å². The number of fused-ring (bicyclic) bond motifs is 1. The summed E-state index contributed by atoms with van der Waals surface area (Å²) in [5.74, 6) is -0.240. The average Bonchev–Trinajstić information content (AvgIpc) is 2.90. The number of nitrogens with zero attached hydrogens (tertiary/aromatic N) is 2. The van der Waals surface area contributed by atoms with Gasteiger partial charge >= 0.3 is 0 Å². The molecule has 0 unspecified atom stereocenters. The number of hydrogen-bond acceptors (Lipinski definition) is 3. The van der Waals surface area contributed by atoms with Crippen molar-refractivity contribution in [3.05, 3.63) is 53.1 Å². The van der Waals surface area contributed by atoms with Gasteiger partial charge in [0.1, 0.15) is 0 Å². The van der Waals surface area contributed by atoms with Crippen LogP contribution in [0.25, 0.3) is 11.0 Å². The molecule has 0 radical (unpaired) electrons. The summed E-state index contributed by atoms with van der Waals surface area (Å²) < 4.78 is 0. The van der Waals surface area contributed by atoms with Crippen LogP contribution in [-0.4, -0.2) is 20.9 Å². The number of H-pyrrole nitrogens is 1. The summed E-state index contributed by atoms with van der Waals surface area (Å²) in [7, 11) is 0. The predicted molar refractivity (Wildman–Crippen MR) is 78.0 cm³/mol. The predicted octanol–water partition coefficient (Wildman–Crippen LogP) is 3.17. The molecule has 0 aliphatic carbocycles. The summed E-state index contributed by atoms with van der Waals surface area (Å²) >= 11 is 5.96. The van der Waals surface area contributed by atoms with Crippen LogP contribution in [-0.2, 0) is 0 Å². The van der Waals surface area contributed by atoms with E-state index < -0.39 is 0 Å². The van der Waals surface area contributed by atoms with Gasteiger partial charge in [-0.25, -0.2) is 9.97 Å². The Morgan fingerprint density at radius 1 is 1.30 bits per heavy atom. The van der Waals surface area contributed by atoms with Gasteiger partial charge in [0.25, 0.3) is 5.91 Å². The van der Waals surface area contributed by atoms with Crippen molar-refractivity contribution in [2.45, 2.75) is 6.92 Å². The molecule has 2 aromatic heterocycles. The van der Waals surface area contributed by atoms with E-state index in [1.807, 2.05) is 6.92 Å². The first-order chi connectivity index (χ1) is 9.63. The summed E-state index contributed by atoms with van der Waals surface area (Å²) in [4.78, 5) is 23.3. The molecule has 2 heterocycles. The summed E-state index contributed by atoms with van der Waals surface area (Å²) in [6, 6.07) is 7.03. The lowest BCUT2D eigenvalue weighted by Crippen LogP contribution is -2.12. The normalized spacial score (nSPS) is 10.7. The van der Waals surface area contributed by atoms with Crippen molar-refractivity contribution >= 4 is 34.2 Å². The van der Waals surface area contributed by atoms with Crippen molar-refractivity contribution in [1.82, 2.24) is 15.0 Å². The molecule has 3 aromatic rings. The van der Waals surface area contributed by atoms with E-state index in [1.54, 1.807) is 36.8 Å². The largest absolute Gasteiger partial charge is 0.345 e. The van der Waals surface area contributed by atoms with Gasteiger partial charge in [-0.15, -0.1) is 0 Å². The number of pyridine rings is 1. The van der Waals surface area contributed by atoms with Crippen LogP contribution in [0.3, 0.4) is 0 Å². The molecule has 0 aliphatic heterocycles. The van der Waals surface area contributed by atoms with Crippen LogP contribution in [0.15, 0.2) is 36.8 Å². The first-order valence-corrected chi connectivity index (χ1v) is 6.38. The SMILES string of the molecule is Cc1cnc(Cl)c(NC(=O)c2ccc3nc[nH]c3c2)c1. The minimum absolute atomic E-state index is 0.240. The second-order valence-corrected chi connectivity index (χ2v) is 4.80. The third-order valence-electron chi connectivity index (χ3n) is 2.91. The Morgan fingerprint density at radius 3 is 3.00 bits per heavy atom. The van der Waals surface area contributed by atoms with E-state index in [1.165, 1.54) is 0 Å². The number of carbonyl (C=O) groups excluding carboxylic acids is 1. The highest BCUT2D eigenvalue weighted by atomic mass is 35.5. The highest BCUT2D eigenvalue weighted by Crippen LogP contribution is 2.21. The fraction of sp³-hybridized carbons (Fsp3) is 0.0714. The molecule has 5 nitrogen and oxygen atoms in total. The highest BCUT2D eigenvalue weighted by molar-refractivity contribution is 6.32. The van der Waals surface area contributed by atoms with E-state index in [4.69, 9.17) is 11.6 Å². The van der Waals surface area contributed by atoms with Gasteiger partial charge in [-0.05, 0) is 36.8 Å². The Morgan fingerprint density at radius 2 is 2.15 bits per heavy atom. The first kappa shape index (κ1) is 12.6. The third-order valence-corrected chi connectivity index (χ3v) is 3.21. The Bertz CT molecular complexity index is 797. The standard InChI is InChI=1S/C14H11ClN4O/c1-8-4-12(13(15)16-6-8)19-14(20)9-2-3-10-11(5-9)18-7-17-10/h2-7H,1H3,(H,17,18)(H,19,20). The first-order valence-electron chi connectivity index (χ1n) is 6.00. The van der Waals surface area contributed by atoms with Crippen LogP contribution in [0.2, 0.25) is 5.15 Å². The molecule has 0 saturated carbocycles. The molecule has 0 aliphatic rings. The monoisotopic (exact) mass is 286 g/mol. The number of benzene rings is 1. The van der Waals surface area contributed by atoms with Crippen molar-refractivity contribution in [2.24, 2.45) is 0 Å². The van der Waals surface area contributed by atoms with Gasteiger partial charge in [0.15, 0.2) is 5.15 Å². The Balaban J connectivity index is 1.90. The maximum Gasteiger partial charge on any atom is 0.255 e. The lowest BCUT2D eigenvalue weighted by Gasteiger charge is -2.07.